The van der Waals surface area contributed by atoms with Gasteiger partial charge in [0.25, 0.3) is 5.91 Å². The van der Waals surface area contributed by atoms with Gasteiger partial charge in [-0.2, -0.15) is 5.10 Å². The maximum Gasteiger partial charge on any atom is 0.266 e. The average Bonchev–Trinajstić information content (AvgIpc) is 1.97. The van der Waals surface area contributed by atoms with Gasteiger partial charge in [-0.15, -0.1) is 0 Å². The second kappa shape index (κ2) is 5.06. The minimum absolute atomic E-state index is 0.337. The summed E-state index contributed by atoms with van der Waals surface area (Å²) in [5.74, 6) is 0.0412. The van der Waals surface area contributed by atoms with E-state index in [0.717, 1.165) is 6.34 Å². The summed E-state index contributed by atoms with van der Waals surface area (Å²) in [6.45, 7) is 6.63. The minimum atomic E-state index is -0.337. The molecule has 0 aliphatic rings. The molecule has 0 aromatic carbocycles. The van der Waals surface area contributed by atoms with Crippen molar-refractivity contribution in [3.05, 3.63) is 12.2 Å². The molecule has 0 saturated carbocycles. The number of amides is 1. The molecular formula is C7H12N4O. The van der Waals surface area contributed by atoms with Crippen LogP contribution >= 0.6 is 0 Å². The van der Waals surface area contributed by atoms with Crippen LogP contribution in [0.5, 0.6) is 0 Å². The molecule has 0 aliphatic carbocycles. The third-order valence-corrected chi connectivity index (χ3v) is 0.873. The van der Waals surface area contributed by atoms with Crippen molar-refractivity contribution < 1.29 is 4.79 Å². The third kappa shape index (κ3) is 5.16. The molecule has 0 radical (unpaired) electrons. The number of hydrogen-bond donors (Lipinski definition) is 2. The summed E-state index contributed by atoms with van der Waals surface area (Å²) in [5, 5.41) is 3.48. The van der Waals surface area contributed by atoms with Crippen LogP contribution in [0.25, 0.3) is 0 Å². The Labute approximate surface area is 71.1 Å². The number of nitrogens with zero attached hydrogens (tertiary/aromatic N) is 2. The topological polar surface area (TPSA) is 79.8 Å². The lowest BCUT2D eigenvalue weighted by Crippen LogP contribution is -2.17. The molecule has 0 unspecified atom stereocenters. The number of amidine groups is 1. The number of rotatable bonds is 3. The van der Waals surface area contributed by atoms with Crippen LogP contribution in [0.15, 0.2) is 22.2 Å². The first-order valence-electron chi connectivity index (χ1n) is 3.31. The molecule has 66 valence electrons. The molecule has 1 amide bonds. The van der Waals surface area contributed by atoms with E-state index in [9.17, 15) is 4.79 Å². The van der Waals surface area contributed by atoms with Gasteiger partial charge in [0.05, 0.1) is 5.84 Å². The zero-order chi connectivity index (χ0) is 9.56. The van der Waals surface area contributed by atoms with Crippen molar-refractivity contribution >= 4 is 18.1 Å². The van der Waals surface area contributed by atoms with E-state index in [1.807, 2.05) is 0 Å². The maximum atomic E-state index is 10.8. The average molecular weight is 168 g/mol. The summed E-state index contributed by atoms with van der Waals surface area (Å²) in [5.41, 5.74) is 7.79. The van der Waals surface area contributed by atoms with E-state index in [1.165, 1.54) is 0 Å². The smallest absolute Gasteiger partial charge is 0.266 e. The summed E-state index contributed by atoms with van der Waals surface area (Å²) in [6.07, 6.45) is 1.16. The van der Waals surface area contributed by atoms with Crippen LogP contribution in [0.1, 0.15) is 13.8 Å². The number of nitrogens with two attached hydrogens (primary N) is 1. The largest absolute Gasteiger partial charge is 0.387 e. The summed E-state index contributed by atoms with van der Waals surface area (Å²) in [7, 11) is 0. The Bertz CT molecular complexity index is 238. The van der Waals surface area contributed by atoms with Crippen molar-refractivity contribution in [1.82, 2.24) is 5.43 Å². The Morgan fingerprint density at radius 1 is 1.58 bits per heavy atom. The predicted octanol–water partition coefficient (Wildman–Crippen LogP) is -0.000900. The monoisotopic (exact) mass is 168 g/mol. The molecule has 0 aromatic rings. The van der Waals surface area contributed by atoms with E-state index >= 15 is 0 Å². The van der Waals surface area contributed by atoms with Gasteiger partial charge in [0.2, 0.25) is 0 Å². The van der Waals surface area contributed by atoms with E-state index in [1.54, 1.807) is 13.8 Å². The van der Waals surface area contributed by atoms with Crippen molar-refractivity contribution in [2.24, 2.45) is 15.8 Å². The Hall–Kier alpha value is -1.65. The van der Waals surface area contributed by atoms with E-state index < -0.39 is 0 Å². The summed E-state index contributed by atoms with van der Waals surface area (Å²) >= 11 is 0. The van der Waals surface area contributed by atoms with Gasteiger partial charge in [-0.25, -0.2) is 10.4 Å². The molecule has 5 heteroatoms. The summed E-state index contributed by atoms with van der Waals surface area (Å²) in [4.78, 5) is 14.4. The number of carbonyl (C=O) groups is 1. The first-order chi connectivity index (χ1) is 5.54. The van der Waals surface area contributed by atoms with Crippen LogP contribution < -0.4 is 11.2 Å². The fourth-order valence-electron chi connectivity index (χ4n) is 0.303. The number of aliphatic imine (C=N–C) groups is 1. The van der Waals surface area contributed by atoms with Gasteiger partial charge in [-0.05, 0) is 13.8 Å². The highest BCUT2D eigenvalue weighted by Crippen LogP contribution is 1.83. The van der Waals surface area contributed by atoms with Crippen molar-refractivity contribution in [2.45, 2.75) is 13.8 Å². The molecule has 0 aliphatic heterocycles. The zero-order valence-corrected chi connectivity index (χ0v) is 7.16. The third-order valence-electron chi connectivity index (χ3n) is 0.873. The van der Waals surface area contributed by atoms with E-state index in [2.05, 4.69) is 22.1 Å². The van der Waals surface area contributed by atoms with Gasteiger partial charge in [0, 0.05) is 5.57 Å². The molecule has 0 heterocycles. The van der Waals surface area contributed by atoms with Crippen molar-refractivity contribution in [1.29, 1.82) is 0 Å². The van der Waals surface area contributed by atoms with Crippen LogP contribution in [0.3, 0.4) is 0 Å². The van der Waals surface area contributed by atoms with Crippen molar-refractivity contribution in [3.63, 3.8) is 0 Å². The van der Waals surface area contributed by atoms with Gasteiger partial charge >= 0.3 is 0 Å². The van der Waals surface area contributed by atoms with Gasteiger partial charge in [-0.1, -0.05) is 6.58 Å². The molecule has 0 atom stereocenters. The Morgan fingerprint density at radius 2 is 2.17 bits per heavy atom. The maximum absolute atomic E-state index is 10.8. The van der Waals surface area contributed by atoms with E-state index in [4.69, 9.17) is 5.73 Å². The molecule has 0 saturated heterocycles. The lowest BCUT2D eigenvalue weighted by Gasteiger charge is -1.94. The first kappa shape index (κ1) is 10.3. The predicted molar refractivity (Wildman–Crippen MR) is 48.7 cm³/mol. The first-order valence-corrected chi connectivity index (χ1v) is 3.31. The van der Waals surface area contributed by atoms with Crippen molar-refractivity contribution in [2.75, 3.05) is 0 Å². The molecule has 3 N–H and O–H groups in total. The normalized spacial score (nSPS) is 11.7. The Morgan fingerprint density at radius 3 is 2.58 bits per heavy atom. The quantitative estimate of drug-likeness (QED) is 0.269. The fraction of sp³-hybridized carbons (Fsp3) is 0.286. The summed E-state index contributed by atoms with van der Waals surface area (Å²) in [6, 6.07) is 0. The van der Waals surface area contributed by atoms with E-state index in [0.29, 0.717) is 11.4 Å². The number of hydrazone groups is 1. The van der Waals surface area contributed by atoms with Crippen molar-refractivity contribution in [3.8, 4) is 0 Å². The second-order valence-corrected chi connectivity index (χ2v) is 2.24. The van der Waals surface area contributed by atoms with Crippen LogP contribution in [0.4, 0.5) is 0 Å². The Balaban J connectivity index is 3.84. The van der Waals surface area contributed by atoms with Crippen LogP contribution in [-0.4, -0.2) is 18.1 Å². The zero-order valence-electron chi connectivity index (χ0n) is 7.16. The van der Waals surface area contributed by atoms with E-state index in [-0.39, 0.29) is 5.91 Å². The highest BCUT2D eigenvalue weighted by Gasteiger charge is 1.96. The molecule has 0 fully saturated rings. The molecule has 12 heavy (non-hydrogen) atoms. The molecule has 0 aromatic heterocycles. The fourth-order valence-corrected chi connectivity index (χ4v) is 0.303. The Kier molecular flexibility index (Phi) is 4.36. The lowest BCUT2D eigenvalue weighted by molar-refractivity contribution is -0.117. The van der Waals surface area contributed by atoms with Gasteiger partial charge in [0.15, 0.2) is 0 Å². The SMILES string of the molecule is C=C(C)C(=O)N/N=C\N=C(/C)N. The second-order valence-electron chi connectivity index (χ2n) is 2.24. The van der Waals surface area contributed by atoms with Crippen LogP contribution in [0.2, 0.25) is 0 Å². The molecular weight excluding hydrogens is 156 g/mol. The van der Waals surface area contributed by atoms with Crippen LogP contribution in [-0.2, 0) is 4.79 Å². The molecule has 0 spiro atoms. The lowest BCUT2D eigenvalue weighted by atomic mass is 10.3. The van der Waals surface area contributed by atoms with Gasteiger partial charge < -0.3 is 5.73 Å². The molecule has 0 rings (SSSR count). The van der Waals surface area contributed by atoms with Gasteiger partial charge in [-0.3, -0.25) is 4.79 Å². The molecule has 5 nitrogen and oxygen atoms in total. The number of nitrogens with one attached hydrogen (secondary N) is 1. The number of hydrogen-bond acceptors (Lipinski definition) is 2. The minimum Gasteiger partial charge on any atom is -0.387 e. The number of carbonyl (C=O) groups excluding carboxylic acids is 1. The highest BCUT2D eigenvalue weighted by atomic mass is 16.2. The summed E-state index contributed by atoms with van der Waals surface area (Å²) < 4.78 is 0. The molecule has 0 bridgehead atoms. The highest BCUT2D eigenvalue weighted by molar-refractivity contribution is 5.92. The van der Waals surface area contributed by atoms with Gasteiger partial charge in [0.1, 0.15) is 6.34 Å². The van der Waals surface area contributed by atoms with Crippen LogP contribution in [0, 0.1) is 0 Å². The standard InChI is InChI=1S/C7H12N4O/c1-5(2)7(12)11-10-4-9-6(3)8/h4H,1H2,2-3H3,(H,11,12)(H2,8,9,10).